The van der Waals surface area contributed by atoms with Crippen LogP contribution in [0.1, 0.15) is 39.7 Å². The summed E-state index contributed by atoms with van der Waals surface area (Å²) in [6.45, 7) is 2.59. The van der Waals surface area contributed by atoms with Gasteiger partial charge in [0.05, 0.1) is 18.3 Å². The fourth-order valence-corrected chi connectivity index (χ4v) is 2.93. The van der Waals surface area contributed by atoms with Crippen LogP contribution >= 0.6 is 0 Å². The largest absolute Gasteiger partial charge is 0.416 e. The summed E-state index contributed by atoms with van der Waals surface area (Å²) in [5.74, 6) is -0.306. The molecular weight excluding hydrogens is 381 g/mol. The average molecular weight is 402 g/mol. The second-order valence-corrected chi connectivity index (χ2v) is 6.83. The highest BCUT2D eigenvalue weighted by Gasteiger charge is 2.30. The van der Waals surface area contributed by atoms with Gasteiger partial charge in [-0.3, -0.25) is 4.79 Å². The molecule has 8 heteroatoms. The Morgan fingerprint density at radius 1 is 1.07 bits per heavy atom. The second-order valence-electron chi connectivity index (χ2n) is 6.83. The summed E-state index contributed by atoms with van der Waals surface area (Å²) in [5, 5.41) is 7.75. The fourth-order valence-electron chi connectivity index (χ4n) is 2.93. The number of hydrogen-bond donors (Lipinski definition) is 0. The predicted molar refractivity (Wildman–Crippen MR) is 102 cm³/mol. The number of carbonyl (C=O) groups is 1. The van der Waals surface area contributed by atoms with Crippen molar-refractivity contribution in [2.75, 3.05) is 7.05 Å². The van der Waals surface area contributed by atoms with Crippen LogP contribution in [0, 0.1) is 0 Å². The molecule has 0 aliphatic rings. The third kappa shape index (κ3) is 5.22. The molecule has 3 rings (SSSR count). The van der Waals surface area contributed by atoms with Gasteiger partial charge in [-0.25, -0.2) is 4.68 Å². The van der Waals surface area contributed by atoms with Crippen molar-refractivity contribution in [3.8, 4) is 0 Å². The first-order chi connectivity index (χ1) is 13.8. The van der Waals surface area contributed by atoms with Gasteiger partial charge in [0.15, 0.2) is 5.69 Å². The molecule has 0 saturated heterocycles. The molecule has 2 aromatic carbocycles. The fraction of sp³-hybridized carbons (Fsp3) is 0.286. The molecule has 1 amide bonds. The maximum absolute atomic E-state index is 12.8. The summed E-state index contributed by atoms with van der Waals surface area (Å²) in [6.07, 6.45) is -2.01. The van der Waals surface area contributed by atoms with Gasteiger partial charge in [0.25, 0.3) is 5.91 Å². The molecule has 152 valence electrons. The summed E-state index contributed by atoms with van der Waals surface area (Å²) in [4.78, 5) is 14.1. The normalized spacial score (nSPS) is 11.5. The van der Waals surface area contributed by atoms with Crippen molar-refractivity contribution in [2.24, 2.45) is 0 Å². The minimum Gasteiger partial charge on any atom is -0.336 e. The average Bonchev–Trinajstić information content (AvgIpc) is 3.16. The standard InChI is InChI=1S/C21H21F3N4O/c1-3-15-7-9-16(10-8-15)12-27(2)20(29)19-14-28(26-25-19)13-17-5-4-6-18(11-17)21(22,23)24/h4-11,14H,3,12-13H2,1-2H3. The van der Waals surface area contributed by atoms with E-state index < -0.39 is 11.7 Å². The summed E-state index contributed by atoms with van der Waals surface area (Å²) >= 11 is 0. The number of hydrogen-bond acceptors (Lipinski definition) is 3. The minimum absolute atomic E-state index is 0.0897. The van der Waals surface area contributed by atoms with Crippen molar-refractivity contribution in [2.45, 2.75) is 32.6 Å². The molecule has 0 aliphatic heterocycles. The van der Waals surface area contributed by atoms with E-state index in [1.165, 1.54) is 27.4 Å². The first-order valence-electron chi connectivity index (χ1n) is 9.16. The van der Waals surface area contributed by atoms with Gasteiger partial charge in [0, 0.05) is 13.6 Å². The van der Waals surface area contributed by atoms with Crippen LogP contribution in [-0.4, -0.2) is 32.8 Å². The van der Waals surface area contributed by atoms with Gasteiger partial charge in [0.1, 0.15) is 0 Å². The number of nitrogens with zero attached hydrogens (tertiary/aromatic N) is 4. The van der Waals surface area contributed by atoms with Crippen LogP contribution in [0.25, 0.3) is 0 Å². The maximum atomic E-state index is 12.8. The van der Waals surface area contributed by atoms with Crippen LogP contribution in [0.3, 0.4) is 0 Å². The van der Waals surface area contributed by atoms with Crippen LogP contribution in [0.2, 0.25) is 0 Å². The number of benzene rings is 2. The van der Waals surface area contributed by atoms with Crippen LogP contribution in [0.5, 0.6) is 0 Å². The molecule has 0 spiro atoms. The molecule has 5 nitrogen and oxygen atoms in total. The van der Waals surface area contributed by atoms with E-state index in [1.54, 1.807) is 13.1 Å². The molecule has 29 heavy (non-hydrogen) atoms. The summed E-state index contributed by atoms with van der Waals surface area (Å²) in [6, 6.07) is 13.0. The van der Waals surface area contributed by atoms with E-state index in [0.717, 1.165) is 24.1 Å². The highest BCUT2D eigenvalue weighted by Crippen LogP contribution is 2.29. The van der Waals surface area contributed by atoms with Crippen LogP contribution in [-0.2, 0) is 25.7 Å². The van der Waals surface area contributed by atoms with E-state index >= 15 is 0 Å². The second kappa shape index (κ2) is 8.46. The number of aromatic nitrogens is 3. The van der Waals surface area contributed by atoms with E-state index in [-0.39, 0.29) is 18.1 Å². The van der Waals surface area contributed by atoms with Crippen molar-refractivity contribution >= 4 is 5.91 Å². The topological polar surface area (TPSA) is 51.0 Å². The molecule has 0 radical (unpaired) electrons. The van der Waals surface area contributed by atoms with Gasteiger partial charge in [-0.05, 0) is 35.2 Å². The zero-order valence-corrected chi connectivity index (χ0v) is 16.1. The van der Waals surface area contributed by atoms with Gasteiger partial charge < -0.3 is 4.90 Å². The highest BCUT2D eigenvalue weighted by atomic mass is 19.4. The minimum atomic E-state index is -4.41. The Morgan fingerprint density at radius 3 is 2.41 bits per heavy atom. The van der Waals surface area contributed by atoms with E-state index in [4.69, 9.17) is 0 Å². The lowest BCUT2D eigenvalue weighted by atomic mass is 10.1. The quantitative estimate of drug-likeness (QED) is 0.622. The monoisotopic (exact) mass is 402 g/mol. The molecular formula is C21H21F3N4O. The SMILES string of the molecule is CCc1ccc(CN(C)C(=O)c2cn(Cc3cccc(C(F)(F)F)c3)nn2)cc1. The molecule has 1 aromatic heterocycles. The molecule has 0 unspecified atom stereocenters. The van der Waals surface area contributed by atoms with E-state index in [2.05, 4.69) is 17.2 Å². The van der Waals surface area contributed by atoms with Crippen LogP contribution in [0.15, 0.2) is 54.7 Å². The lowest BCUT2D eigenvalue weighted by molar-refractivity contribution is -0.137. The smallest absolute Gasteiger partial charge is 0.336 e. The maximum Gasteiger partial charge on any atom is 0.416 e. The van der Waals surface area contributed by atoms with Crippen molar-refractivity contribution in [3.05, 3.63) is 82.7 Å². The molecule has 0 N–H and O–H groups in total. The zero-order chi connectivity index (χ0) is 21.0. The molecule has 0 fully saturated rings. The summed E-state index contributed by atoms with van der Waals surface area (Å²) < 4.78 is 39.9. The Balaban J connectivity index is 1.66. The zero-order valence-electron chi connectivity index (χ0n) is 16.1. The first-order valence-corrected chi connectivity index (χ1v) is 9.16. The van der Waals surface area contributed by atoms with E-state index in [9.17, 15) is 18.0 Å². The Morgan fingerprint density at radius 2 is 1.76 bits per heavy atom. The highest BCUT2D eigenvalue weighted by molar-refractivity contribution is 5.91. The lowest BCUT2D eigenvalue weighted by Gasteiger charge is -2.15. The Kier molecular flexibility index (Phi) is 6.00. The molecule has 0 atom stereocenters. The molecule has 1 heterocycles. The number of carbonyl (C=O) groups excluding carboxylic acids is 1. The Bertz CT molecular complexity index is 980. The van der Waals surface area contributed by atoms with Crippen molar-refractivity contribution < 1.29 is 18.0 Å². The summed E-state index contributed by atoms with van der Waals surface area (Å²) in [5.41, 5.74) is 2.06. The Hall–Kier alpha value is -3.16. The third-order valence-corrected chi connectivity index (χ3v) is 4.55. The molecule has 0 aliphatic carbocycles. The van der Waals surface area contributed by atoms with Crippen LogP contribution in [0.4, 0.5) is 13.2 Å². The molecule has 3 aromatic rings. The van der Waals surface area contributed by atoms with Crippen molar-refractivity contribution in [3.63, 3.8) is 0 Å². The predicted octanol–water partition coefficient (Wildman–Crippen LogP) is 4.18. The van der Waals surface area contributed by atoms with Crippen molar-refractivity contribution in [1.29, 1.82) is 0 Å². The van der Waals surface area contributed by atoms with Gasteiger partial charge in [0.2, 0.25) is 0 Å². The number of alkyl halides is 3. The third-order valence-electron chi connectivity index (χ3n) is 4.55. The summed E-state index contributed by atoms with van der Waals surface area (Å²) in [7, 11) is 1.67. The first kappa shape index (κ1) is 20.6. The van der Waals surface area contributed by atoms with Gasteiger partial charge in [-0.2, -0.15) is 13.2 Å². The number of rotatable bonds is 6. The van der Waals surface area contributed by atoms with Gasteiger partial charge in [-0.1, -0.05) is 48.5 Å². The van der Waals surface area contributed by atoms with E-state index in [1.807, 2.05) is 24.3 Å². The molecule has 0 saturated carbocycles. The Labute approximate surface area is 166 Å². The van der Waals surface area contributed by atoms with Crippen molar-refractivity contribution in [1.82, 2.24) is 19.9 Å². The number of halogens is 3. The van der Waals surface area contributed by atoms with Gasteiger partial charge in [-0.15, -0.1) is 5.10 Å². The number of aryl methyl sites for hydroxylation is 1. The van der Waals surface area contributed by atoms with Crippen LogP contribution < -0.4 is 0 Å². The molecule has 0 bridgehead atoms. The van der Waals surface area contributed by atoms with E-state index in [0.29, 0.717) is 12.1 Å². The van der Waals surface area contributed by atoms with Gasteiger partial charge >= 0.3 is 6.18 Å². The lowest BCUT2D eigenvalue weighted by Crippen LogP contribution is -2.26. The number of amides is 1.